The van der Waals surface area contributed by atoms with E-state index >= 15 is 0 Å². The second kappa shape index (κ2) is 6.81. The number of aromatic nitrogens is 2. The molecule has 112 valence electrons. The van der Waals surface area contributed by atoms with Crippen molar-refractivity contribution < 1.29 is 4.52 Å². The first-order valence-corrected chi connectivity index (χ1v) is 8.54. The van der Waals surface area contributed by atoms with Crippen molar-refractivity contribution in [2.75, 3.05) is 6.54 Å². The van der Waals surface area contributed by atoms with Crippen molar-refractivity contribution in [1.82, 2.24) is 10.1 Å². The highest BCUT2D eigenvalue weighted by Gasteiger charge is 2.31. The molecule has 21 heavy (non-hydrogen) atoms. The molecule has 0 aliphatic heterocycles. The van der Waals surface area contributed by atoms with Gasteiger partial charge in [-0.3, -0.25) is 0 Å². The Morgan fingerprint density at radius 2 is 2.19 bits per heavy atom. The Hall–Kier alpha value is -1.04. The highest BCUT2D eigenvalue weighted by atomic mass is 35.5. The molecule has 0 saturated heterocycles. The van der Waals surface area contributed by atoms with E-state index in [1.54, 1.807) is 11.8 Å². The van der Waals surface area contributed by atoms with Crippen LogP contribution in [0.3, 0.4) is 0 Å². The van der Waals surface area contributed by atoms with Crippen molar-refractivity contribution in [2.24, 2.45) is 11.7 Å². The lowest BCUT2D eigenvalue weighted by atomic mass is 9.96. The van der Waals surface area contributed by atoms with Crippen LogP contribution in [-0.4, -0.2) is 16.7 Å². The van der Waals surface area contributed by atoms with E-state index in [1.807, 2.05) is 24.3 Å². The Bertz CT molecular complexity index is 604. The van der Waals surface area contributed by atoms with Crippen molar-refractivity contribution in [2.45, 2.75) is 35.8 Å². The zero-order chi connectivity index (χ0) is 14.7. The lowest BCUT2D eigenvalue weighted by Gasteiger charge is -2.12. The van der Waals surface area contributed by atoms with E-state index in [2.05, 4.69) is 10.1 Å². The number of nitrogens with two attached hydrogens (primary N) is 1. The molecule has 1 aliphatic rings. The van der Waals surface area contributed by atoms with E-state index in [0.29, 0.717) is 24.1 Å². The molecule has 2 aromatic rings. The number of hydrogen-bond acceptors (Lipinski definition) is 5. The first-order valence-electron chi connectivity index (χ1n) is 7.18. The van der Waals surface area contributed by atoms with E-state index in [4.69, 9.17) is 21.9 Å². The molecule has 6 heteroatoms. The third kappa shape index (κ3) is 3.42. The molecular weight excluding hydrogens is 306 g/mol. The predicted octanol–water partition coefficient (Wildman–Crippen LogP) is 3.86. The molecule has 3 rings (SSSR count). The quantitative estimate of drug-likeness (QED) is 0.846. The first-order chi connectivity index (χ1) is 10.3. The maximum Gasteiger partial charge on any atom is 0.230 e. The van der Waals surface area contributed by atoms with Gasteiger partial charge in [-0.25, -0.2) is 0 Å². The summed E-state index contributed by atoms with van der Waals surface area (Å²) in [7, 11) is 0. The molecular formula is C15H18ClN3OS. The maximum atomic E-state index is 6.14. The van der Waals surface area contributed by atoms with Crippen molar-refractivity contribution in [3.63, 3.8) is 0 Å². The number of hydrogen-bond donors (Lipinski definition) is 1. The van der Waals surface area contributed by atoms with Gasteiger partial charge in [0, 0.05) is 10.8 Å². The summed E-state index contributed by atoms with van der Waals surface area (Å²) in [6.45, 7) is 0.691. The van der Waals surface area contributed by atoms with Gasteiger partial charge in [-0.15, -0.1) is 11.8 Å². The molecule has 0 bridgehead atoms. The summed E-state index contributed by atoms with van der Waals surface area (Å²) < 4.78 is 5.44. The number of rotatable bonds is 5. The minimum absolute atomic E-state index is 0.335. The molecule has 0 spiro atoms. The van der Waals surface area contributed by atoms with Gasteiger partial charge < -0.3 is 10.3 Å². The molecule has 4 nitrogen and oxygen atoms in total. The number of benzene rings is 1. The van der Waals surface area contributed by atoms with Gasteiger partial charge in [0.15, 0.2) is 5.82 Å². The zero-order valence-electron chi connectivity index (χ0n) is 11.7. The van der Waals surface area contributed by atoms with Crippen LogP contribution in [0.2, 0.25) is 5.02 Å². The fourth-order valence-corrected chi connectivity index (χ4v) is 3.91. The van der Waals surface area contributed by atoms with Gasteiger partial charge in [-0.2, -0.15) is 4.98 Å². The van der Waals surface area contributed by atoms with Crippen molar-refractivity contribution in [3.05, 3.63) is 41.0 Å². The Morgan fingerprint density at radius 1 is 1.33 bits per heavy atom. The van der Waals surface area contributed by atoms with E-state index in [9.17, 15) is 0 Å². The molecule has 1 aromatic heterocycles. The lowest BCUT2D eigenvalue weighted by molar-refractivity contribution is 0.324. The molecule has 0 amide bonds. The third-order valence-corrected chi connectivity index (χ3v) is 5.47. The van der Waals surface area contributed by atoms with Crippen LogP contribution >= 0.6 is 23.4 Å². The lowest BCUT2D eigenvalue weighted by Crippen LogP contribution is -2.17. The maximum absolute atomic E-state index is 6.14. The van der Waals surface area contributed by atoms with Crippen LogP contribution in [0.1, 0.15) is 36.9 Å². The van der Waals surface area contributed by atoms with Crippen LogP contribution in [-0.2, 0) is 5.75 Å². The zero-order valence-corrected chi connectivity index (χ0v) is 13.2. The third-order valence-electron chi connectivity index (χ3n) is 3.96. The Morgan fingerprint density at radius 3 is 3.00 bits per heavy atom. The average molecular weight is 324 g/mol. The molecule has 1 fully saturated rings. The number of thioether (sulfide) groups is 1. The van der Waals surface area contributed by atoms with Crippen LogP contribution in [0.5, 0.6) is 0 Å². The molecule has 1 aliphatic carbocycles. The molecule has 1 heterocycles. The van der Waals surface area contributed by atoms with E-state index in [0.717, 1.165) is 34.5 Å². The molecule has 1 aromatic carbocycles. The Kier molecular flexibility index (Phi) is 4.83. The summed E-state index contributed by atoms with van der Waals surface area (Å²) in [5.41, 5.74) is 5.81. The summed E-state index contributed by atoms with van der Waals surface area (Å²) in [6, 6.07) is 7.78. The van der Waals surface area contributed by atoms with Gasteiger partial charge in [0.05, 0.1) is 10.8 Å². The molecule has 2 N–H and O–H groups in total. The number of nitrogens with zero attached hydrogens (tertiary/aromatic N) is 2. The topological polar surface area (TPSA) is 64.9 Å². The normalized spacial score (nSPS) is 21.8. The minimum Gasteiger partial charge on any atom is -0.339 e. The van der Waals surface area contributed by atoms with E-state index in [1.165, 1.54) is 6.42 Å². The van der Waals surface area contributed by atoms with Crippen LogP contribution in [0.4, 0.5) is 0 Å². The van der Waals surface area contributed by atoms with Gasteiger partial charge >= 0.3 is 0 Å². The van der Waals surface area contributed by atoms with Gasteiger partial charge in [0.1, 0.15) is 0 Å². The molecule has 2 atom stereocenters. The van der Waals surface area contributed by atoms with Gasteiger partial charge in [0.2, 0.25) is 5.89 Å². The van der Waals surface area contributed by atoms with Crippen LogP contribution < -0.4 is 5.73 Å². The van der Waals surface area contributed by atoms with Gasteiger partial charge in [0.25, 0.3) is 0 Å². The standard InChI is InChI=1S/C15H18ClN3OS/c16-12-6-1-2-7-13(12)21-9-14-18-15(20-19-14)11-5-3-4-10(11)8-17/h1-2,6-7,10-11H,3-5,8-9,17H2. The van der Waals surface area contributed by atoms with Gasteiger partial charge in [-0.05, 0) is 37.4 Å². The van der Waals surface area contributed by atoms with Gasteiger partial charge in [-0.1, -0.05) is 35.3 Å². The SMILES string of the molecule is NCC1CCCC1c1nc(CSc2ccccc2Cl)no1. The monoisotopic (exact) mass is 323 g/mol. The van der Waals surface area contributed by atoms with Crippen LogP contribution in [0.25, 0.3) is 0 Å². The first kappa shape index (κ1) is 14.9. The average Bonchev–Trinajstić information content (AvgIpc) is 3.14. The number of halogens is 1. The largest absolute Gasteiger partial charge is 0.339 e. The Balaban J connectivity index is 1.64. The van der Waals surface area contributed by atoms with Crippen molar-refractivity contribution in [1.29, 1.82) is 0 Å². The smallest absolute Gasteiger partial charge is 0.230 e. The molecule has 1 saturated carbocycles. The predicted molar refractivity (Wildman–Crippen MR) is 84.4 cm³/mol. The molecule has 0 radical (unpaired) electrons. The van der Waals surface area contributed by atoms with Crippen molar-refractivity contribution >= 4 is 23.4 Å². The second-order valence-electron chi connectivity index (χ2n) is 5.30. The van der Waals surface area contributed by atoms with E-state index < -0.39 is 0 Å². The Labute approximate surface area is 133 Å². The van der Waals surface area contributed by atoms with Crippen LogP contribution in [0, 0.1) is 5.92 Å². The fraction of sp³-hybridized carbons (Fsp3) is 0.467. The summed E-state index contributed by atoms with van der Waals surface area (Å²) in [4.78, 5) is 5.57. The summed E-state index contributed by atoms with van der Waals surface area (Å²) >= 11 is 7.76. The van der Waals surface area contributed by atoms with Crippen molar-refractivity contribution in [3.8, 4) is 0 Å². The summed E-state index contributed by atoms with van der Waals surface area (Å²) in [6.07, 6.45) is 3.45. The fourth-order valence-electron chi connectivity index (χ4n) is 2.82. The molecule has 2 unspecified atom stereocenters. The summed E-state index contributed by atoms with van der Waals surface area (Å²) in [5, 5.41) is 4.84. The summed E-state index contributed by atoms with van der Waals surface area (Å²) in [5.74, 6) is 2.94. The van der Waals surface area contributed by atoms with Crippen LogP contribution in [0.15, 0.2) is 33.7 Å². The second-order valence-corrected chi connectivity index (χ2v) is 6.73. The minimum atomic E-state index is 0.335. The highest BCUT2D eigenvalue weighted by molar-refractivity contribution is 7.98. The van der Waals surface area contributed by atoms with E-state index in [-0.39, 0.29) is 0 Å². The highest BCUT2D eigenvalue weighted by Crippen LogP contribution is 2.38.